The lowest BCUT2D eigenvalue weighted by molar-refractivity contribution is -0.137. The van der Waals surface area contributed by atoms with E-state index in [1.807, 2.05) is 58.0 Å². The molecule has 1 heterocycles. The fourth-order valence-corrected chi connectivity index (χ4v) is 4.20. The molecule has 218 valence electrons. The Hall–Kier alpha value is -2.82. The second-order valence-corrected chi connectivity index (χ2v) is 11.2. The molecule has 5 atom stereocenters. The number of epoxide rings is 1. The van der Waals surface area contributed by atoms with Gasteiger partial charge in [0.05, 0.1) is 19.3 Å². The van der Waals surface area contributed by atoms with Crippen LogP contribution in [0.1, 0.15) is 59.9 Å². The maximum Gasteiger partial charge on any atom is 0.251 e. The van der Waals surface area contributed by atoms with Gasteiger partial charge in [-0.3, -0.25) is 19.2 Å². The maximum atomic E-state index is 13.6. The van der Waals surface area contributed by atoms with Crippen LogP contribution in [0.4, 0.5) is 0 Å². The van der Waals surface area contributed by atoms with Crippen molar-refractivity contribution in [3.05, 3.63) is 35.9 Å². The molecular weight excluding hydrogens is 502 g/mol. The first-order chi connectivity index (χ1) is 18.4. The van der Waals surface area contributed by atoms with Crippen LogP contribution in [0.3, 0.4) is 0 Å². The second-order valence-electron chi connectivity index (χ2n) is 11.2. The molecule has 0 radical (unpaired) electrons. The highest BCUT2D eigenvalue weighted by Crippen LogP contribution is 2.29. The summed E-state index contributed by atoms with van der Waals surface area (Å²) in [5.74, 6) is -1.80. The maximum absolute atomic E-state index is 13.6. The van der Waals surface area contributed by atoms with E-state index < -0.39 is 47.6 Å². The molecule has 10 nitrogen and oxygen atoms in total. The van der Waals surface area contributed by atoms with E-state index in [0.29, 0.717) is 26.1 Å². The predicted octanol–water partition coefficient (Wildman–Crippen LogP) is 1.53. The Morgan fingerprint density at radius 1 is 0.897 bits per heavy atom. The quantitative estimate of drug-likeness (QED) is 0.216. The summed E-state index contributed by atoms with van der Waals surface area (Å²) >= 11 is 0. The number of hydrogen-bond donors (Lipinski definition) is 4. The van der Waals surface area contributed by atoms with Gasteiger partial charge >= 0.3 is 0 Å². The standard InChI is InChI=1S/C29H45N3O7/c1-7-38-16-24(33)28(37)32-22(14-19(4)5)26(35)31-23(15-20-11-9-8-10-12-20)27(36)30-21(13-18(2)3)25(34)29(6)17-39-29/h8-12,18-19,21-24,33H,7,13-17H2,1-6H3,(H,30,36)(H,31,35)(H,32,37)/t21-,22-,23-,24-,29+/m0/s1. The van der Waals surface area contributed by atoms with Gasteiger partial charge in [-0.25, -0.2) is 0 Å². The van der Waals surface area contributed by atoms with Crippen LogP contribution in [0.15, 0.2) is 30.3 Å². The normalized spacial score (nSPS) is 19.6. The monoisotopic (exact) mass is 547 g/mol. The Bertz CT molecular complexity index is 963. The number of carbonyl (C=O) groups excluding carboxylic acids is 4. The number of ether oxygens (including phenoxy) is 2. The lowest BCUT2D eigenvalue weighted by atomic mass is 9.93. The van der Waals surface area contributed by atoms with Crippen molar-refractivity contribution in [1.29, 1.82) is 0 Å². The summed E-state index contributed by atoms with van der Waals surface area (Å²) in [6.07, 6.45) is -0.517. The first-order valence-electron chi connectivity index (χ1n) is 13.7. The minimum Gasteiger partial charge on any atom is -0.381 e. The lowest BCUT2D eigenvalue weighted by Crippen LogP contribution is -2.58. The summed E-state index contributed by atoms with van der Waals surface area (Å²) in [4.78, 5) is 52.6. The number of ketones is 1. The van der Waals surface area contributed by atoms with Crippen LogP contribution in [-0.2, 0) is 35.1 Å². The van der Waals surface area contributed by atoms with Gasteiger partial charge in [-0.15, -0.1) is 0 Å². The molecule has 2 rings (SSSR count). The van der Waals surface area contributed by atoms with Crippen LogP contribution in [-0.4, -0.2) is 78.3 Å². The van der Waals surface area contributed by atoms with Crippen molar-refractivity contribution in [3.8, 4) is 0 Å². The molecule has 0 saturated carbocycles. The van der Waals surface area contributed by atoms with E-state index in [-0.39, 0.29) is 30.6 Å². The number of hydrogen-bond acceptors (Lipinski definition) is 7. The van der Waals surface area contributed by atoms with Gasteiger partial charge in [-0.1, -0.05) is 58.0 Å². The van der Waals surface area contributed by atoms with Gasteiger partial charge in [-0.05, 0) is 44.1 Å². The summed E-state index contributed by atoms with van der Waals surface area (Å²) in [5, 5.41) is 18.3. The molecule has 1 aliphatic rings. The van der Waals surface area contributed by atoms with Crippen LogP contribution in [0, 0.1) is 11.8 Å². The summed E-state index contributed by atoms with van der Waals surface area (Å²) < 4.78 is 10.4. The second kappa shape index (κ2) is 15.1. The van der Waals surface area contributed by atoms with E-state index in [2.05, 4.69) is 16.0 Å². The lowest BCUT2D eigenvalue weighted by Gasteiger charge is -2.27. The zero-order valence-electron chi connectivity index (χ0n) is 24.0. The van der Waals surface area contributed by atoms with Crippen molar-refractivity contribution in [3.63, 3.8) is 0 Å². The van der Waals surface area contributed by atoms with Gasteiger partial charge in [0.25, 0.3) is 5.91 Å². The smallest absolute Gasteiger partial charge is 0.251 e. The molecule has 1 saturated heterocycles. The number of aliphatic hydroxyl groups is 1. The van der Waals surface area contributed by atoms with E-state index in [1.165, 1.54) is 0 Å². The van der Waals surface area contributed by atoms with E-state index in [1.54, 1.807) is 13.8 Å². The van der Waals surface area contributed by atoms with Gasteiger partial charge in [-0.2, -0.15) is 0 Å². The van der Waals surface area contributed by atoms with Crippen LogP contribution < -0.4 is 16.0 Å². The Kier molecular flexibility index (Phi) is 12.5. The molecule has 10 heteroatoms. The van der Waals surface area contributed by atoms with Crippen molar-refractivity contribution >= 4 is 23.5 Å². The number of aliphatic hydroxyl groups excluding tert-OH is 1. The first-order valence-corrected chi connectivity index (χ1v) is 13.7. The van der Waals surface area contributed by atoms with Crippen molar-refractivity contribution in [2.75, 3.05) is 19.8 Å². The van der Waals surface area contributed by atoms with E-state index in [9.17, 15) is 24.3 Å². The van der Waals surface area contributed by atoms with Gasteiger partial charge in [0, 0.05) is 13.0 Å². The number of nitrogens with one attached hydrogen (secondary N) is 3. The zero-order valence-corrected chi connectivity index (χ0v) is 24.0. The minimum atomic E-state index is -1.43. The Morgan fingerprint density at radius 2 is 1.41 bits per heavy atom. The zero-order chi connectivity index (χ0) is 29.2. The SMILES string of the molecule is CCOC[C@H](O)C(=O)N[C@@H](CC(C)C)C(=O)N[C@@H](Cc1ccccc1)C(=O)N[C@@H](CC(C)C)C(=O)[C@@]1(C)CO1. The Labute approximate surface area is 231 Å². The molecule has 1 aliphatic heterocycles. The van der Waals surface area contributed by atoms with E-state index in [0.717, 1.165) is 5.56 Å². The van der Waals surface area contributed by atoms with Crippen molar-refractivity contribution in [1.82, 2.24) is 16.0 Å². The Balaban J connectivity index is 2.24. The van der Waals surface area contributed by atoms with Gasteiger partial charge in [0.1, 0.15) is 17.7 Å². The molecule has 0 spiro atoms. The molecular formula is C29H45N3O7. The van der Waals surface area contributed by atoms with Crippen molar-refractivity contribution in [2.45, 2.75) is 90.6 Å². The molecule has 0 aliphatic carbocycles. The van der Waals surface area contributed by atoms with Crippen LogP contribution in [0.5, 0.6) is 0 Å². The Morgan fingerprint density at radius 3 is 1.95 bits per heavy atom. The fourth-order valence-electron chi connectivity index (χ4n) is 4.20. The third kappa shape index (κ3) is 10.7. The number of benzene rings is 1. The summed E-state index contributed by atoms with van der Waals surface area (Å²) in [7, 11) is 0. The van der Waals surface area contributed by atoms with Gasteiger partial charge in [0.2, 0.25) is 11.8 Å². The highest BCUT2D eigenvalue weighted by atomic mass is 16.6. The van der Waals surface area contributed by atoms with Crippen molar-refractivity contribution in [2.24, 2.45) is 11.8 Å². The predicted molar refractivity (Wildman–Crippen MR) is 147 cm³/mol. The number of Topliss-reactive ketones (excluding diaryl/α,β-unsaturated/α-hetero) is 1. The molecule has 39 heavy (non-hydrogen) atoms. The topological polar surface area (TPSA) is 146 Å². The number of rotatable bonds is 17. The van der Waals surface area contributed by atoms with Gasteiger partial charge < -0.3 is 30.5 Å². The molecule has 1 aromatic carbocycles. The third-order valence-corrected chi connectivity index (χ3v) is 6.48. The van der Waals surface area contributed by atoms with E-state index in [4.69, 9.17) is 9.47 Å². The van der Waals surface area contributed by atoms with Crippen molar-refractivity contribution < 1.29 is 33.8 Å². The molecule has 1 aromatic rings. The highest BCUT2D eigenvalue weighted by molar-refractivity contribution is 5.98. The summed E-state index contributed by atoms with van der Waals surface area (Å²) in [5.41, 5.74) is -0.0845. The largest absolute Gasteiger partial charge is 0.381 e. The number of carbonyl (C=O) groups is 4. The first kappa shape index (κ1) is 32.4. The van der Waals surface area contributed by atoms with Crippen LogP contribution in [0.25, 0.3) is 0 Å². The van der Waals surface area contributed by atoms with E-state index >= 15 is 0 Å². The average Bonchev–Trinajstić information content (AvgIpc) is 3.63. The third-order valence-electron chi connectivity index (χ3n) is 6.48. The van der Waals surface area contributed by atoms with Crippen LogP contribution in [0.2, 0.25) is 0 Å². The molecule has 0 aromatic heterocycles. The minimum absolute atomic E-state index is 0.0406. The molecule has 4 N–H and O–H groups in total. The highest BCUT2D eigenvalue weighted by Gasteiger charge is 2.50. The van der Waals surface area contributed by atoms with Crippen LogP contribution >= 0.6 is 0 Å². The molecule has 0 unspecified atom stereocenters. The van der Waals surface area contributed by atoms with Gasteiger partial charge in [0.15, 0.2) is 11.9 Å². The number of amides is 3. The fraction of sp³-hybridized carbons (Fsp3) is 0.655. The molecule has 1 fully saturated rings. The molecule has 3 amide bonds. The average molecular weight is 548 g/mol. The summed E-state index contributed by atoms with van der Waals surface area (Å²) in [6.45, 7) is 11.6. The summed E-state index contributed by atoms with van der Waals surface area (Å²) in [6, 6.07) is 6.47. The molecule has 0 bridgehead atoms.